The maximum Gasteiger partial charge on any atom is 0.252 e. The van der Waals surface area contributed by atoms with E-state index in [0.29, 0.717) is 0 Å². The van der Waals surface area contributed by atoms with Gasteiger partial charge in [0.1, 0.15) is 0 Å². The number of hydrogen-bond donors (Lipinski definition) is 0. The summed E-state index contributed by atoms with van der Waals surface area (Å²) in [5, 5.41) is 0. The van der Waals surface area contributed by atoms with E-state index in [2.05, 4.69) is 432 Å². The van der Waals surface area contributed by atoms with Gasteiger partial charge in [-0.15, -0.1) is 0 Å². The molecule has 18 rings (SSSR count). The molecule has 532 valence electrons. The number of hydrogen-bond acceptors (Lipinski definition) is 4. The normalized spacial score (nSPS) is 13.7. The second-order valence-corrected chi connectivity index (χ2v) is 35.3. The van der Waals surface area contributed by atoms with Crippen molar-refractivity contribution >= 4 is 114 Å². The first-order chi connectivity index (χ1) is 52.4. The quantitative estimate of drug-likeness (QED) is 0.127. The average Bonchev–Trinajstić information content (AvgIpc) is 0.698. The van der Waals surface area contributed by atoms with Crippen LogP contribution in [0.5, 0.6) is 0 Å². The molecular formula is C103H94B2N4. The van der Waals surface area contributed by atoms with Crippen LogP contribution in [0.15, 0.2) is 315 Å². The zero-order valence-electron chi connectivity index (χ0n) is 65.5. The molecule has 4 aliphatic rings. The average molecular weight is 1410 g/mol. The summed E-state index contributed by atoms with van der Waals surface area (Å²) in [7, 11) is 0. The van der Waals surface area contributed by atoms with Crippen molar-refractivity contribution in [3.63, 3.8) is 0 Å². The molecule has 0 bridgehead atoms. The third kappa shape index (κ3) is 11.6. The molecule has 109 heavy (non-hydrogen) atoms. The Bertz CT molecular complexity index is 5780. The summed E-state index contributed by atoms with van der Waals surface area (Å²) in [5.74, 6) is 0. The van der Waals surface area contributed by atoms with Crippen LogP contribution < -0.4 is 52.4 Å². The Labute approximate surface area is 647 Å². The Balaban J connectivity index is 0.851. The molecule has 0 N–H and O–H groups in total. The molecule has 0 saturated carbocycles. The van der Waals surface area contributed by atoms with Gasteiger partial charge >= 0.3 is 0 Å². The van der Waals surface area contributed by atoms with Crippen LogP contribution in [0.2, 0.25) is 0 Å². The number of fused-ring (bicyclic) bond motifs is 8. The molecule has 0 atom stereocenters. The van der Waals surface area contributed by atoms with Gasteiger partial charge in [0.05, 0.1) is 11.4 Å². The molecule has 0 fully saturated rings. The van der Waals surface area contributed by atoms with Gasteiger partial charge in [-0.1, -0.05) is 327 Å². The van der Waals surface area contributed by atoms with Gasteiger partial charge < -0.3 is 19.6 Å². The minimum atomic E-state index is -0.521. The van der Waals surface area contributed by atoms with Crippen molar-refractivity contribution in [1.29, 1.82) is 0 Å². The monoisotopic (exact) mass is 1410 g/mol. The number of rotatable bonds is 10. The number of benzene rings is 14. The molecule has 0 radical (unpaired) electrons. The first-order valence-electron chi connectivity index (χ1n) is 39.1. The van der Waals surface area contributed by atoms with Crippen molar-refractivity contribution in [3.8, 4) is 44.5 Å². The van der Waals surface area contributed by atoms with Crippen molar-refractivity contribution in [3.05, 3.63) is 349 Å². The van der Waals surface area contributed by atoms with E-state index in [1.54, 1.807) is 0 Å². The lowest BCUT2D eigenvalue weighted by Crippen LogP contribution is -2.61. The van der Waals surface area contributed by atoms with Gasteiger partial charge in [0, 0.05) is 84.5 Å². The highest BCUT2D eigenvalue weighted by Crippen LogP contribution is 2.55. The maximum atomic E-state index is 2.67. The molecule has 0 unspecified atom stereocenters. The summed E-state index contributed by atoms with van der Waals surface area (Å²) in [6, 6.07) is 121. The minimum Gasteiger partial charge on any atom is -0.311 e. The minimum absolute atomic E-state index is 0.0723. The van der Waals surface area contributed by atoms with E-state index < -0.39 is 5.41 Å². The van der Waals surface area contributed by atoms with Crippen LogP contribution in [0.1, 0.15) is 130 Å². The molecule has 6 heteroatoms. The standard InChI is InChI=1S/C103H94B2N4/c1-99(2,3)71-53-56-84-93(65-71)107(90-50-34-52-92-95(90)104(84)85-57-54-72(100(4,5)6)66-94(85)109(92)97-79(67-35-20-15-21-36-67)45-32-46-80(97)68-37-22-16-23-38-68)78-60-74(101(7,8)9)59-76(61-78)103(13,14)73-55-58-88-86(64-73)105-83-47-30-31-48-87(83)108(91-51-33-49-89(96(91)105)106(88)77-43-28-19-29-44-77)98-81(69-39-24-17-25-40-69)62-75(102(10,11)12)63-82(98)70-41-26-18-27-42-70/h15-66H,1-14H3. The predicted molar refractivity (Wildman–Crippen MR) is 470 cm³/mol. The Hall–Kier alpha value is -11.6. The van der Waals surface area contributed by atoms with E-state index in [4.69, 9.17) is 0 Å². The molecular weight excluding hydrogens is 1310 g/mol. The lowest BCUT2D eigenvalue weighted by Gasteiger charge is -2.46. The van der Waals surface area contributed by atoms with Crippen molar-refractivity contribution in [2.24, 2.45) is 0 Å². The van der Waals surface area contributed by atoms with Gasteiger partial charge in [0.2, 0.25) is 0 Å². The number of para-hydroxylation sites is 3. The van der Waals surface area contributed by atoms with Crippen molar-refractivity contribution < 1.29 is 0 Å². The van der Waals surface area contributed by atoms with Crippen LogP contribution in [-0.2, 0) is 27.1 Å². The van der Waals surface area contributed by atoms with E-state index in [9.17, 15) is 0 Å². The summed E-state index contributed by atoms with van der Waals surface area (Å²) in [4.78, 5) is 10.5. The van der Waals surface area contributed by atoms with Crippen molar-refractivity contribution in [2.45, 2.75) is 124 Å². The van der Waals surface area contributed by atoms with Crippen LogP contribution in [0.25, 0.3) is 44.5 Å². The molecule has 0 amide bonds. The molecule has 4 heterocycles. The number of nitrogens with zero attached hydrogens (tertiary/aromatic N) is 4. The fraction of sp³-hybridized carbons (Fsp3) is 0.184. The predicted octanol–water partition coefficient (Wildman–Crippen LogP) is 24.0. The van der Waals surface area contributed by atoms with Gasteiger partial charge in [0.25, 0.3) is 13.4 Å². The zero-order chi connectivity index (χ0) is 75.2. The smallest absolute Gasteiger partial charge is 0.252 e. The van der Waals surface area contributed by atoms with E-state index in [-0.39, 0.29) is 35.1 Å². The van der Waals surface area contributed by atoms with Crippen LogP contribution in [0.3, 0.4) is 0 Å². The SMILES string of the molecule is CC(C)(C)c1cc(N2c3cc(C(C)(C)C)ccc3B3c4ccc(C(C)(C)C)cc4N(c4c(-c5ccccc5)cccc4-c4ccccc4)c4cccc2c43)cc(C(C)(C)c2ccc3c(c2)B2c4ccccc4N(c4c(-c5ccccc5)cc(C(C)(C)C)cc4-c4ccccc4)c4cccc(c42)N3c2ccccc2)c1. The summed E-state index contributed by atoms with van der Waals surface area (Å²) >= 11 is 0. The Morgan fingerprint density at radius 1 is 0.202 bits per heavy atom. The molecule has 14 aromatic carbocycles. The largest absolute Gasteiger partial charge is 0.311 e. The third-order valence-electron chi connectivity index (χ3n) is 23.9. The van der Waals surface area contributed by atoms with E-state index in [0.717, 1.165) is 11.4 Å². The van der Waals surface area contributed by atoms with Crippen molar-refractivity contribution in [2.75, 3.05) is 19.6 Å². The van der Waals surface area contributed by atoms with E-state index >= 15 is 0 Å². The third-order valence-corrected chi connectivity index (χ3v) is 23.9. The molecule has 4 nitrogen and oxygen atoms in total. The molecule has 0 aliphatic carbocycles. The summed E-state index contributed by atoms with van der Waals surface area (Å²) < 4.78 is 0. The lowest BCUT2D eigenvalue weighted by molar-refractivity contribution is 0.582. The van der Waals surface area contributed by atoms with Crippen LogP contribution >= 0.6 is 0 Å². The highest BCUT2D eigenvalue weighted by Gasteiger charge is 2.48. The summed E-state index contributed by atoms with van der Waals surface area (Å²) in [6.45, 7) is 33.1. The molecule has 0 aromatic heterocycles. The number of anilines is 12. The zero-order valence-corrected chi connectivity index (χ0v) is 65.5. The highest BCUT2D eigenvalue weighted by molar-refractivity contribution is 7.01. The van der Waals surface area contributed by atoms with Gasteiger partial charge in [-0.2, -0.15) is 0 Å². The first-order valence-corrected chi connectivity index (χ1v) is 39.1. The Morgan fingerprint density at radius 3 is 1.03 bits per heavy atom. The second kappa shape index (κ2) is 25.8. The van der Waals surface area contributed by atoms with Crippen LogP contribution in [0.4, 0.5) is 68.2 Å². The maximum absolute atomic E-state index is 2.67. The van der Waals surface area contributed by atoms with E-state index in [1.807, 2.05) is 0 Å². The molecule has 0 spiro atoms. The second-order valence-electron chi connectivity index (χ2n) is 35.3. The van der Waals surface area contributed by atoms with Gasteiger partial charge in [-0.25, -0.2) is 0 Å². The fourth-order valence-corrected chi connectivity index (χ4v) is 17.9. The van der Waals surface area contributed by atoms with Gasteiger partial charge in [-0.05, 0) is 195 Å². The van der Waals surface area contributed by atoms with Crippen LogP contribution in [-0.4, -0.2) is 13.4 Å². The van der Waals surface area contributed by atoms with Gasteiger partial charge in [-0.3, -0.25) is 0 Å². The molecule has 4 aliphatic heterocycles. The molecule has 14 aromatic rings. The first kappa shape index (κ1) is 69.2. The highest BCUT2D eigenvalue weighted by atomic mass is 15.2. The topological polar surface area (TPSA) is 13.0 Å². The van der Waals surface area contributed by atoms with Crippen LogP contribution in [0, 0.1) is 0 Å². The lowest BCUT2D eigenvalue weighted by atomic mass is 9.33. The molecule has 0 saturated heterocycles. The Kier molecular flexibility index (Phi) is 16.4. The fourth-order valence-electron chi connectivity index (χ4n) is 17.9. The Morgan fingerprint density at radius 2 is 0.541 bits per heavy atom. The van der Waals surface area contributed by atoms with Gasteiger partial charge in [0.15, 0.2) is 0 Å². The van der Waals surface area contributed by atoms with E-state index in [1.165, 1.54) is 168 Å². The van der Waals surface area contributed by atoms with Crippen molar-refractivity contribution in [1.82, 2.24) is 0 Å². The summed E-state index contributed by atoms with van der Waals surface area (Å²) in [6.07, 6.45) is 0. The summed E-state index contributed by atoms with van der Waals surface area (Å²) in [5.41, 5.74) is 38.0.